The molecule has 3 aromatic carbocycles. The summed E-state index contributed by atoms with van der Waals surface area (Å²) in [4.78, 5) is 18.7. The summed E-state index contributed by atoms with van der Waals surface area (Å²) >= 11 is 0. The number of nitrogens with one attached hydrogen (secondary N) is 2. The molecule has 9 nitrogen and oxygen atoms in total. The fraction of sp³-hybridized carbons (Fsp3) is 0.120. The van der Waals surface area contributed by atoms with Crippen LogP contribution in [0.1, 0.15) is 10.4 Å². The molecule has 5 aromatic rings. The Morgan fingerprint density at radius 1 is 1.03 bits per heavy atom. The topological polar surface area (TPSA) is 109 Å². The number of fused-ring (bicyclic) bond motifs is 3. The van der Waals surface area contributed by atoms with E-state index in [0.717, 1.165) is 22.9 Å². The molecule has 178 valence electrons. The normalized spacial score (nSPS) is 11.6. The molecule has 0 aliphatic rings. The van der Waals surface area contributed by atoms with Crippen molar-refractivity contribution in [2.24, 2.45) is 0 Å². The van der Waals surface area contributed by atoms with Gasteiger partial charge in [0.1, 0.15) is 11.4 Å². The van der Waals surface area contributed by atoms with Crippen LogP contribution < -0.4 is 9.46 Å². The maximum Gasteiger partial charge on any atom is 0.253 e. The minimum Gasteiger partial charge on any atom is -0.451 e. The molecule has 2 heterocycles. The zero-order valence-corrected chi connectivity index (χ0v) is 20.1. The van der Waals surface area contributed by atoms with Crippen molar-refractivity contribution < 1.29 is 17.9 Å². The van der Waals surface area contributed by atoms with Crippen molar-refractivity contribution in [1.29, 1.82) is 0 Å². The van der Waals surface area contributed by atoms with Gasteiger partial charge >= 0.3 is 0 Å². The number of carbonyl (C=O) groups is 1. The molecule has 1 amide bonds. The molecular weight excluding hydrogens is 466 g/mol. The van der Waals surface area contributed by atoms with E-state index >= 15 is 0 Å². The molecular formula is C25H23N5O4S. The summed E-state index contributed by atoms with van der Waals surface area (Å²) in [5.41, 5.74) is 4.66. The van der Waals surface area contributed by atoms with Gasteiger partial charge in [0.25, 0.3) is 5.91 Å². The van der Waals surface area contributed by atoms with E-state index in [-0.39, 0.29) is 5.91 Å². The van der Waals surface area contributed by atoms with Crippen molar-refractivity contribution in [3.05, 3.63) is 78.4 Å². The van der Waals surface area contributed by atoms with E-state index in [0.29, 0.717) is 34.1 Å². The third kappa shape index (κ3) is 4.43. The molecule has 0 fully saturated rings. The van der Waals surface area contributed by atoms with Crippen molar-refractivity contribution in [2.45, 2.75) is 0 Å². The third-order valence-corrected chi connectivity index (χ3v) is 6.00. The summed E-state index contributed by atoms with van der Waals surface area (Å²) in [7, 11) is 0.00862. The number of anilines is 1. The second kappa shape index (κ2) is 8.48. The van der Waals surface area contributed by atoms with Gasteiger partial charge in [-0.05, 0) is 42.5 Å². The summed E-state index contributed by atoms with van der Waals surface area (Å²) in [6, 6.07) is 21.6. The quantitative estimate of drug-likeness (QED) is 0.369. The lowest BCUT2D eigenvalue weighted by molar-refractivity contribution is 0.0827. The van der Waals surface area contributed by atoms with Gasteiger partial charge in [0.05, 0.1) is 17.3 Å². The number of hydrogen-bond acceptors (Lipinski definition) is 5. The van der Waals surface area contributed by atoms with E-state index in [9.17, 15) is 13.2 Å². The standard InChI is InChI=1S/C25H23N5O4S/c1-29(2)25(31)17-7-6-8-19(15-17)34-23-22(16-11-13-18(14-12-16)28-35(3,32)33)27-30-21-10-5-4-9-20(21)26-24(23)30/h4-15,27-28H,1-3H3. The van der Waals surface area contributed by atoms with Crippen molar-refractivity contribution in [3.63, 3.8) is 0 Å². The molecule has 0 aliphatic heterocycles. The lowest BCUT2D eigenvalue weighted by Crippen LogP contribution is -2.21. The number of H-pyrrole nitrogens is 1. The summed E-state index contributed by atoms with van der Waals surface area (Å²) in [5, 5.41) is 3.36. The first-order valence-corrected chi connectivity index (χ1v) is 12.7. The summed E-state index contributed by atoms with van der Waals surface area (Å²) < 4.78 is 33.8. The maximum atomic E-state index is 12.4. The first-order valence-electron chi connectivity index (χ1n) is 10.8. The van der Waals surface area contributed by atoms with E-state index in [4.69, 9.17) is 9.72 Å². The first kappa shape index (κ1) is 22.5. The predicted octanol–water partition coefficient (Wildman–Crippen LogP) is 4.35. The number of hydrogen-bond donors (Lipinski definition) is 2. The molecule has 0 aliphatic carbocycles. The van der Waals surface area contributed by atoms with E-state index in [1.807, 2.05) is 28.8 Å². The van der Waals surface area contributed by atoms with Gasteiger partial charge in [0.15, 0.2) is 11.4 Å². The summed E-state index contributed by atoms with van der Waals surface area (Å²) in [5.74, 6) is 0.845. The van der Waals surface area contributed by atoms with E-state index < -0.39 is 10.0 Å². The maximum absolute atomic E-state index is 12.4. The molecule has 2 aromatic heterocycles. The second-order valence-electron chi connectivity index (χ2n) is 8.36. The second-order valence-corrected chi connectivity index (χ2v) is 10.1. The Kier molecular flexibility index (Phi) is 5.45. The number of nitrogens with zero attached hydrogens (tertiary/aromatic N) is 3. The smallest absolute Gasteiger partial charge is 0.253 e. The van der Waals surface area contributed by atoms with Crippen LogP contribution in [0.5, 0.6) is 11.5 Å². The van der Waals surface area contributed by atoms with Crippen molar-refractivity contribution in [1.82, 2.24) is 19.5 Å². The van der Waals surface area contributed by atoms with Crippen molar-refractivity contribution in [3.8, 4) is 22.8 Å². The van der Waals surface area contributed by atoms with Crippen LogP contribution in [0, 0.1) is 0 Å². The highest BCUT2D eigenvalue weighted by Crippen LogP contribution is 2.38. The molecule has 0 saturated heterocycles. The molecule has 0 bridgehead atoms. The Labute approximate surface area is 202 Å². The Morgan fingerprint density at radius 2 is 1.77 bits per heavy atom. The Bertz CT molecular complexity index is 1670. The Hall–Kier alpha value is -4.31. The van der Waals surface area contributed by atoms with Gasteiger partial charge in [-0.25, -0.2) is 17.9 Å². The minimum absolute atomic E-state index is 0.129. The zero-order chi connectivity index (χ0) is 24.7. The lowest BCUT2D eigenvalue weighted by atomic mass is 10.1. The zero-order valence-electron chi connectivity index (χ0n) is 19.3. The number of imidazole rings is 1. The molecule has 2 N–H and O–H groups in total. The van der Waals surface area contributed by atoms with Gasteiger partial charge in [-0.2, -0.15) is 0 Å². The van der Waals surface area contributed by atoms with Crippen LogP contribution in [0.3, 0.4) is 0 Å². The number of aromatic amines is 1. The highest BCUT2D eigenvalue weighted by Gasteiger charge is 2.21. The van der Waals surface area contributed by atoms with Crippen molar-refractivity contribution >= 4 is 38.3 Å². The van der Waals surface area contributed by atoms with Crippen LogP contribution in [0.2, 0.25) is 0 Å². The monoisotopic (exact) mass is 489 g/mol. The molecule has 0 unspecified atom stereocenters. The third-order valence-electron chi connectivity index (χ3n) is 5.40. The Morgan fingerprint density at radius 3 is 2.49 bits per heavy atom. The fourth-order valence-corrected chi connectivity index (χ4v) is 4.41. The van der Waals surface area contributed by atoms with Crippen LogP contribution in [0.4, 0.5) is 5.69 Å². The van der Waals surface area contributed by atoms with E-state index in [2.05, 4.69) is 9.82 Å². The van der Waals surface area contributed by atoms with Gasteiger partial charge in [-0.3, -0.25) is 14.6 Å². The van der Waals surface area contributed by atoms with Crippen molar-refractivity contribution in [2.75, 3.05) is 25.1 Å². The average Bonchev–Trinajstić information content (AvgIpc) is 3.35. The molecule has 0 atom stereocenters. The van der Waals surface area contributed by atoms with Crippen LogP contribution in [0.15, 0.2) is 72.8 Å². The Balaban J connectivity index is 1.62. The van der Waals surface area contributed by atoms with Gasteiger partial charge in [0, 0.05) is 30.9 Å². The van der Waals surface area contributed by atoms with Crippen LogP contribution in [0.25, 0.3) is 27.9 Å². The number of benzene rings is 3. The van der Waals surface area contributed by atoms with E-state index in [1.165, 1.54) is 4.90 Å². The highest BCUT2D eigenvalue weighted by atomic mass is 32.2. The van der Waals surface area contributed by atoms with Crippen LogP contribution in [-0.2, 0) is 10.0 Å². The molecule has 35 heavy (non-hydrogen) atoms. The highest BCUT2D eigenvalue weighted by molar-refractivity contribution is 7.92. The van der Waals surface area contributed by atoms with Gasteiger partial charge in [0.2, 0.25) is 10.0 Å². The number of carbonyl (C=O) groups excluding carboxylic acids is 1. The minimum atomic E-state index is -3.38. The molecule has 0 spiro atoms. The number of aromatic nitrogens is 3. The number of ether oxygens (including phenoxy) is 1. The van der Waals surface area contributed by atoms with Crippen LogP contribution >= 0.6 is 0 Å². The molecule has 0 radical (unpaired) electrons. The summed E-state index contributed by atoms with van der Waals surface area (Å²) in [6.45, 7) is 0. The number of amides is 1. The fourth-order valence-electron chi connectivity index (χ4n) is 3.85. The number of rotatable bonds is 6. The largest absolute Gasteiger partial charge is 0.451 e. The molecule has 5 rings (SSSR count). The summed E-state index contributed by atoms with van der Waals surface area (Å²) in [6.07, 6.45) is 1.10. The number of sulfonamides is 1. The molecule has 10 heteroatoms. The number of para-hydroxylation sites is 2. The SMILES string of the molecule is CN(C)C(=O)c1cccc(Oc2c(-c3ccc(NS(C)(=O)=O)cc3)[nH]n3c2nc2ccccc23)c1. The molecule has 0 saturated carbocycles. The van der Waals surface area contributed by atoms with Gasteiger partial charge < -0.3 is 9.64 Å². The lowest BCUT2D eigenvalue weighted by Gasteiger charge is -2.12. The predicted molar refractivity (Wildman–Crippen MR) is 135 cm³/mol. The van der Waals surface area contributed by atoms with Crippen LogP contribution in [-0.4, -0.2) is 54.2 Å². The van der Waals surface area contributed by atoms with E-state index in [1.54, 1.807) is 62.6 Å². The van der Waals surface area contributed by atoms with Gasteiger partial charge in [-0.15, -0.1) is 0 Å². The van der Waals surface area contributed by atoms with Gasteiger partial charge in [-0.1, -0.05) is 30.3 Å². The average molecular weight is 490 g/mol. The first-order chi connectivity index (χ1) is 16.7.